The summed E-state index contributed by atoms with van der Waals surface area (Å²) in [5, 5.41) is 9.38. The molecule has 4 nitrogen and oxygen atoms in total. The first kappa shape index (κ1) is 19.5. The molecule has 1 aromatic carbocycles. The molecule has 1 aliphatic rings. The Morgan fingerprint density at radius 2 is 2.00 bits per heavy atom. The molecule has 1 saturated carbocycles. The SMILES string of the molecule is C/C(=C\CC1CC(OC(=O)c2ccccc2O)CC(C)(C)C1)C(=O)Cl. The number of carbonyl (C=O) groups excluding carboxylic acids is 2. The van der Waals surface area contributed by atoms with Gasteiger partial charge in [-0.15, -0.1) is 0 Å². The number of hydrogen-bond acceptors (Lipinski definition) is 4. The fourth-order valence-electron chi connectivity index (χ4n) is 3.57. The van der Waals surface area contributed by atoms with E-state index in [0.29, 0.717) is 11.5 Å². The van der Waals surface area contributed by atoms with Crippen molar-refractivity contribution in [3.8, 4) is 5.75 Å². The first-order chi connectivity index (χ1) is 11.7. The number of hydrogen-bond donors (Lipinski definition) is 1. The average molecular weight is 365 g/mol. The van der Waals surface area contributed by atoms with Crippen LogP contribution in [-0.4, -0.2) is 22.4 Å². The van der Waals surface area contributed by atoms with Gasteiger partial charge in [-0.05, 0) is 67.7 Å². The van der Waals surface area contributed by atoms with Crippen molar-refractivity contribution in [3.05, 3.63) is 41.5 Å². The standard InChI is InChI=1S/C20H25ClO4/c1-13(18(21)23)8-9-14-10-15(12-20(2,3)11-14)25-19(24)16-6-4-5-7-17(16)22/h4-8,14-15,22H,9-12H2,1-3H3/b13-8+. The Hall–Kier alpha value is -1.81. The van der Waals surface area contributed by atoms with Crippen LogP contribution in [0.3, 0.4) is 0 Å². The van der Waals surface area contributed by atoms with Gasteiger partial charge < -0.3 is 9.84 Å². The van der Waals surface area contributed by atoms with E-state index in [9.17, 15) is 14.7 Å². The van der Waals surface area contributed by atoms with Gasteiger partial charge in [-0.2, -0.15) is 0 Å². The van der Waals surface area contributed by atoms with Crippen LogP contribution in [0.4, 0.5) is 0 Å². The molecule has 1 aromatic rings. The van der Waals surface area contributed by atoms with Crippen LogP contribution in [0.1, 0.15) is 56.8 Å². The maximum Gasteiger partial charge on any atom is 0.342 e. The topological polar surface area (TPSA) is 63.6 Å². The van der Waals surface area contributed by atoms with E-state index in [1.807, 2.05) is 6.08 Å². The summed E-state index contributed by atoms with van der Waals surface area (Å²) in [7, 11) is 0. The van der Waals surface area contributed by atoms with E-state index in [-0.39, 0.29) is 22.8 Å². The van der Waals surface area contributed by atoms with Crippen molar-refractivity contribution in [1.82, 2.24) is 0 Å². The molecule has 0 spiro atoms. The first-order valence-corrected chi connectivity index (χ1v) is 8.91. The summed E-state index contributed by atoms with van der Waals surface area (Å²) in [6.45, 7) is 6.02. The average Bonchev–Trinajstić information content (AvgIpc) is 2.51. The number of halogens is 1. The minimum absolute atomic E-state index is 0.0410. The lowest BCUT2D eigenvalue weighted by Gasteiger charge is -2.39. The van der Waals surface area contributed by atoms with Gasteiger partial charge in [0.15, 0.2) is 0 Å². The lowest BCUT2D eigenvalue weighted by molar-refractivity contribution is -0.108. The van der Waals surface area contributed by atoms with Crippen LogP contribution in [0.2, 0.25) is 0 Å². The summed E-state index contributed by atoms with van der Waals surface area (Å²) in [6.07, 6.45) is 4.91. The summed E-state index contributed by atoms with van der Waals surface area (Å²) in [5.41, 5.74) is 0.776. The van der Waals surface area contributed by atoms with E-state index >= 15 is 0 Å². The van der Waals surface area contributed by atoms with Crippen molar-refractivity contribution < 1.29 is 19.4 Å². The third-order valence-corrected chi connectivity index (χ3v) is 4.98. The Bertz CT molecular complexity index is 678. The van der Waals surface area contributed by atoms with E-state index in [1.165, 1.54) is 6.07 Å². The van der Waals surface area contributed by atoms with Crippen LogP contribution >= 0.6 is 11.6 Å². The Labute approximate surface area is 153 Å². The van der Waals surface area contributed by atoms with Gasteiger partial charge in [-0.25, -0.2) is 4.79 Å². The molecule has 1 fully saturated rings. The minimum Gasteiger partial charge on any atom is -0.507 e. The fourth-order valence-corrected chi connectivity index (χ4v) is 3.65. The molecular formula is C20H25ClO4. The molecule has 1 aliphatic carbocycles. The molecule has 25 heavy (non-hydrogen) atoms. The molecule has 136 valence electrons. The Balaban J connectivity index is 2.05. The molecule has 2 rings (SSSR count). The van der Waals surface area contributed by atoms with Crippen molar-refractivity contribution in [2.45, 2.75) is 52.6 Å². The van der Waals surface area contributed by atoms with Gasteiger partial charge in [-0.3, -0.25) is 4.79 Å². The number of esters is 1. The molecule has 0 aromatic heterocycles. The van der Waals surface area contributed by atoms with Crippen molar-refractivity contribution in [2.24, 2.45) is 11.3 Å². The van der Waals surface area contributed by atoms with Crippen LogP contribution in [0, 0.1) is 11.3 Å². The van der Waals surface area contributed by atoms with Gasteiger partial charge in [-0.1, -0.05) is 32.1 Å². The maximum atomic E-state index is 12.4. The minimum atomic E-state index is -0.498. The lowest BCUT2D eigenvalue weighted by Crippen LogP contribution is -2.34. The van der Waals surface area contributed by atoms with E-state index in [2.05, 4.69) is 13.8 Å². The van der Waals surface area contributed by atoms with Crippen molar-refractivity contribution >= 4 is 22.8 Å². The number of ether oxygens (including phenoxy) is 1. The van der Waals surface area contributed by atoms with Crippen molar-refractivity contribution in [3.63, 3.8) is 0 Å². The second-order valence-corrected chi connectivity index (χ2v) is 7.96. The van der Waals surface area contributed by atoms with Crippen LogP contribution in [0.5, 0.6) is 5.75 Å². The highest BCUT2D eigenvalue weighted by atomic mass is 35.5. The highest BCUT2D eigenvalue weighted by Gasteiger charge is 2.35. The normalized spacial score (nSPS) is 23.1. The largest absolute Gasteiger partial charge is 0.507 e. The number of rotatable bonds is 5. The zero-order valence-electron chi connectivity index (χ0n) is 14.9. The molecule has 2 atom stereocenters. The second kappa shape index (κ2) is 8.05. The van der Waals surface area contributed by atoms with Crippen molar-refractivity contribution in [2.75, 3.05) is 0 Å². The molecule has 0 heterocycles. The molecule has 0 bridgehead atoms. The molecule has 0 amide bonds. The van der Waals surface area contributed by atoms with Crippen LogP contribution < -0.4 is 0 Å². The fraction of sp³-hybridized carbons (Fsp3) is 0.500. The number of benzene rings is 1. The Morgan fingerprint density at radius 3 is 2.64 bits per heavy atom. The summed E-state index contributed by atoms with van der Waals surface area (Å²) < 4.78 is 5.67. The molecule has 2 unspecified atom stereocenters. The number of para-hydroxylation sites is 1. The first-order valence-electron chi connectivity index (χ1n) is 8.53. The molecule has 0 saturated heterocycles. The van der Waals surface area contributed by atoms with Gasteiger partial charge in [0.05, 0.1) is 0 Å². The van der Waals surface area contributed by atoms with Gasteiger partial charge in [0.1, 0.15) is 17.4 Å². The number of phenols is 1. The highest BCUT2D eigenvalue weighted by molar-refractivity contribution is 6.67. The summed E-state index contributed by atoms with van der Waals surface area (Å²) >= 11 is 5.48. The predicted molar refractivity (Wildman–Crippen MR) is 97.7 cm³/mol. The zero-order valence-corrected chi connectivity index (χ0v) is 15.7. The van der Waals surface area contributed by atoms with E-state index in [0.717, 1.165) is 25.7 Å². The Kier molecular flexibility index (Phi) is 6.28. The molecule has 0 aliphatic heterocycles. The monoisotopic (exact) mass is 364 g/mol. The number of phenolic OH excluding ortho intramolecular Hbond substituents is 1. The van der Waals surface area contributed by atoms with Crippen molar-refractivity contribution in [1.29, 1.82) is 0 Å². The van der Waals surface area contributed by atoms with Crippen LogP contribution in [-0.2, 0) is 9.53 Å². The number of aromatic hydroxyl groups is 1. The van der Waals surface area contributed by atoms with E-state index < -0.39 is 11.2 Å². The number of allylic oxidation sites excluding steroid dienone is 2. The molecule has 5 heteroatoms. The smallest absolute Gasteiger partial charge is 0.342 e. The summed E-state index contributed by atoms with van der Waals surface area (Å²) in [4.78, 5) is 23.5. The Morgan fingerprint density at radius 1 is 1.32 bits per heavy atom. The number of carbonyl (C=O) groups is 2. The lowest BCUT2D eigenvalue weighted by atomic mass is 9.70. The van der Waals surface area contributed by atoms with Crippen LogP contribution in [0.25, 0.3) is 0 Å². The van der Waals surface area contributed by atoms with E-state index in [1.54, 1.807) is 25.1 Å². The van der Waals surface area contributed by atoms with Gasteiger partial charge in [0.2, 0.25) is 5.24 Å². The summed E-state index contributed by atoms with van der Waals surface area (Å²) in [6, 6.07) is 6.39. The maximum absolute atomic E-state index is 12.4. The third-order valence-electron chi connectivity index (χ3n) is 4.68. The van der Waals surface area contributed by atoms with E-state index in [4.69, 9.17) is 16.3 Å². The van der Waals surface area contributed by atoms with Gasteiger partial charge in [0.25, 0.3) is 0 Å². The van der Waals surface area contributed by atoms with Gasteiger partial charge in [0, 0.05) is 5.57 Å². The highest BCUT2D eigenvalue weighted by Crippen LogP contribution is 2.42. The zero-order chi connectivity index (χ0) is 18.6. The van der Waals surface area contributed by atoms with Gasteiger partial charge >= 0.3 is 5.97 Å². The molecule has 1 N–H and O–H groups in total. The second-order valence-electron chi connectivity index (χ2n) is 7.62. The summed E-state index contributed by atoms with van der Waals surface area (Å²) in [5.74, 6) is -0.252. The molecule has 0 radical (unpaired) electrons. The predicted octanol–water partition coefficient (Wildman–Crippen LogP) is 4.85. The quantitative estimate of drug-likeness (QED) is 0.461. The third kappa shape index (κ3) is 5.60. The van der Waals surface area contributed by atoms with Crippen LogP contribution in [0.15, 0.2) is 35.9 Å². The molecular weight excluding hydrogens is 340 g/mol.